The van der Waals surface area contributed by atoms with Gasteiger partial charge in [-0.1, -0.05) is 41.4 Å². The Morgan fingerprint density at radius 3 is 2.37 bits per heavy atom. The van der Waals surface area contributed by atoms with Gasteiger partial charge in [0, 0.05) is 19.2 Å². The molecule has 0 spiro atoms. The van der Waals surface area contributed by atoms with Gasteiger partial charge in [0.05, 0.1) is 21.1 Å². The average Bonchev–Trinajstić information content (AvgIpc) is 2.69. The highest BCUT2D eigenvalue weighted by molar-refractivity contribution is 14.1. The van der Waals surface area contributed by atoms with Crippen LogP contribution in [0.4, 0.5) is 0 Å². The number of phenols is 1. The fourth-order valence-electron chi connectivity index (χ4n) is 3.22. The maximum Gasteiger partial charge on any atom is 0.252 e. The molecule has 0 aliphatic heterocycles. The van der Waals surface area contributed by atoms with Crippen LogP contribution in [0, 0.1) is 25.4 Å². The molecule has 152 valence electrons. The number of primary amides is 1. The number of benzene rings is 3. The number of hydrogen-bond donors (Lipinski definition) is 2. The van der Waals surface area contributed by atoms with Gasteiger partial charge in [0.15, 0.2) is 0 Å². The summed E-state index contributed by atoms with van der Waals surface area (Å²) in [4.78, 5) is 11.6. The summed E-state index contributed by atoms with van der Waals surface area (Å²) in [6.45, 7) is 1.91. The molecular weight excluding hydrogens is 649 g/mol. The average molecular weight is 663 g/mol. The predicted molar refractivity (Wildman–Crippen MR) is 136 cm³/mol. The Hall–Kier alpha value is -1.54. The molecule has 8 heteroatoms. The lowest BCUT2D eigenvalue weighted by molar-refractivity contribution is 0.0997. The van der Waals surface area contributed by atoms with Crippen LogP contribution >= 0.6 is 68.4 Å². The zero-order valence-corrected chi connectivity index (χ0v) is 21.3. The first-order valence-corrected chi connectivity index (χ1v) is 11.5. The summed E-state index contributed by atoms with van der Waals surface area (Å²) in [5.41, 5.74) is 9.35. The highest BCUT2D eigenvalue weighted by Crippen LogP contribution is 2.42. The SMILES string of the molecule is Cc1cc(C(C#N)c2ccc(Cl)cc2)c(Cl)cc1-c1c(I)cc(C(N)=O)c(O)c1I. The quantitative estimate of drug-likeness (QED) is 0.307. The van der Waals surface area contributed by atoms with Gasteiger partial charge in [-0.25, -0.2) is 0 Å². The summed E-state index contributed by atoms with van der Waals surface area (Å²) in [6.07, 6.45) is 0. The fraction of sp³-hybridized carbons (Fsp3) is 0.0909. The van der Waals surface area contributed by atoms with Crippen LogP contribution in [0.5, 0.6) is 5.75 Å². The maximum atomic E-state index is 11.6. The van der Waals surface area contributed by atoms with Crippen molar-refractivity contribution in [1.82, 2.24) is 0 Å². The molecule has 1 amide bonds. The first-order valence-electron chi connectivity index (χ1n) is 8.62. The van der Waals surface area contributed by atoms with Crippen molar-refractivity contribution in [1.29, 1.82) is 5.26 Å². The Morgan fingerprint density at radius 1 is 1.17 bits per heavy atom. The van der Waals surface area contributed by atoms with E-state index in [-0.39, 0.29) is 11.3 Å². The van der Waals surface area contributed by atoms with E-state index in [1.165, 1.54) is 0 Å². The van der Waals surface area contributed by atoms with Crippen molar-refractivity contribution in [3.8, 4) is 22.9 Å². The number of aromatic hydroxyl groups is 1. The summed E-state index contributed by atoms with van der Waals surface area (Å²) in [6, 6.07) is 14.6. The predicted octanol–water partition coefficient (Wildman–Crippen LogP) is 6.64. The molecular formula is C22H14Cl2I2N2O2. The first kappa shape index (κ1) is 23.1. The zero-order chi connectivity index (χ0) is 22.2. The monoisotopic (exact) mass is 662 g/mol. The van der Waals surface area contributed by atoms with Crippen molar-refractivity contribution in [3.05, 3.63) is 81.9 Å². The molecule has 0 bridgehead atoms. The second-order valence-corrected chi connectivity index (χ2v) is 9.69. The Labute approximate surface area is 211 Å². The van der Waals surface area contributed by atoms with E-state index in [1.54, 1.807) is 24.3 Å². The summed E-state index contributed by atoms with van der Waals surface area (Å²) >= 11 is 16.7. The molecule has 3 aromatic carbocycles. The van der Waals surface area contributed by atoms with E-state index in [0.29, 0.717) is 19.2 Å². The van der Waals surface area contributed by atoms with E-state index in [0.717, 1.165) is 25.8 Å². The van der Waals surface area contributed by atoms with Crippen LogP contribution in [-0.4, -0.2) is 11.0 Å². The normalized spacial score (nSPS) is 11.7. The second-order valence-electron chi connectivity index (χ2n) is 6.61. The van der Waals surface area contributed by atoms with E-state index >= 15 is 0 Å². The van der Waals surface area contributed by atoms with Crippen LogP contribution in [-0.2, 0) is 0 Å². The second kappa shape index (κ2) is 9.30. The van der Waals surface area contributed by atoms with Gasteiger partial charge in [0.2, 0.25) is 0 Å². The van der Waals surface area contributed by atoms with Gasteiger partial charge in [-0.2, -0.15) is 5.26 Å². The number of aryl methyl sites for hydroxylation is 1. The molecule has 0 saturated heterocycles. The third-order valence-electron chi connectivity index (χ3n) is 4.71. The summed E-state index contributed by atoms with van der Waals surface area (Å²) < 4.78 is 1.26. The van der Waals surface area contributed by atoms with Crippen LogP contribution in [0.15, 0.2) is 42.5 Å². The van der Waals surface area contributed by atoms with Gasteiger partial charge in [-0.15, -0.1) is 0 Å². The first-order chi connectivity index (χ1) is 14.1. The van der Waals surface area contributed by atoms with Crippen LogP contribution < -0.4 is 5.73 Å². The number of carbonyl (C=O) groups excluding carboxylic acids is 1. The van der Waals surface area contributed by atoms with Crippen molar-refractivity contribution in [2.75, 3.05) is 0 Å². The van der Waals surface area contributed by atoms with Crippen molar-refractivity contribution < 1.29 is 9.90 Å². The molecule has 1 atom stereocenters. The largest absolute Gasteiger partial charge is 0.506 e. The van der Waals surface area contributed by atoms with Crippen LogP contribution in [0.3, 0.4) is 0 Å². The lowest BCUT2D eigenvalue weighted by atomic mass is 9.89. The van der Waals surface area contributed by atoms with Crippen molar-refractivity contribution in [2.45, 2.75) is 12.8 Å². The van der Waals surface area contributed by atoms with Crippen LogP contribution in [0.1, 0.15) is 33.0 Å². The van der Waals surface area contributed by atoms with E-state index in [4.69, 9.17) is 28.9 Å². The Balaban J connectivity index is 2.17. The van der Waals surface area contributed by atoms with Crippen LogP contribution in [0.25, 0.3) is 11.1 Å². The highest BCUT2D eigenvalue weighted by atomic mass is 127. The molecule has 3 rings (SSSR count). The highest BCUT2D eigenvalue weighted by Gasteiger charge is 2.23. The number of halogens is 4. The van der Waals surface area contributed by atoms with E-state index in [2.05, 4.69) is 28.7 Å². The van der Waals surface area contributed by atoms with E-state index in [1.807, 2.05) is 47.7 Å². The molecule has 4 nitrogen and oxygen atoms in total. The molecule has 0 aromatic heterocycles. The molecule has 30 heavy (non-hydrogen) atoms. The van der Waals surface area contributed by atoms with Crippen molar-refractivity contribution in [3.63, 3.8) is 0 Å². The zero-order valence-electron chi connectivity index (χ0n) is 15.5. The molecule has 0 radical (unpaired) electrons. The van der Waals surface area contributed by atoms with Gasteiger partial charge >= 0.3 is 0 Å². The minimum Gasteiger partial charge on any atom is -0.506 e. The number of nitrogens with zero attached hydrogens (tertiary/aromatic N) is 1. The topological polar surface area (TPSA) is 87.1 Å². The minimum atomic E-state index is -0.695. The van der Waals surface area contributed by atoms with Crippen molar-refractivity contribution >= 4 is 74.3 Å². The number of rotatable bonds is 4. The molecule has 0 saturated carbocycles. The molecule has 0 fully saturated rings. The number of nitrogens with two attached hydrogens (primary N) is 1. The van der Waals surface area contributed by atoms with Crippen LogP contribution in [0.2, 0.25) is 10.0 Å². The van der Waals surface area contributed by atoms with Gasteiger partial charge < -0.3 is 10.8 Å². The Morgan fingerprint density at radius 2 is 1.80 bits per heavy atom. The van der Waals surface area contributed by atoms with Gasteiger partial charge in [0.25, 0.3) is 5.91 Å². The molecule has 3 N–H and O–H groups in total. The number of hydrogen-bond acceptors (Lipinski definition) is 3. The number of carbonyl (C=O) groups is 1. The standard InChI is InChI=1S/C22H14Cl2I2N2O2/c1-10-6-14(16(9-27)11-2-4-12(23)5-3-11)17(24)7-13(10)19-18(25)8-15(22(28)30)21(29)20(19)26/h2-8,16,29H,1H3,(H2,28,30). The Bertz CT molecular complexity index is 1210. The van der Waals surface area contributed by atoms with E-state index < -0.39 is 11.8 Å². The van der Waals surface area contributed by atoms with Gasteiger partial charge in [-0.3, -0.25) is 4.79 Å². The van der Waals surface area contributed by atoms with Crippen molar-refractivity contribution in [2.24, 2.45) is 5.73 Å². The number of amides is 1. The lowest BCUT2D eigenvalue weighted by Crippen LogP contribution is -2.12. The third kappa shape index (κ3) is 4.40. The minimum absolute atomic E-state index is 0.0696. The van der Waals surface area contributed by atoms with Gasteiger partial charge in [-0.05, 0) is 98.6 Å². The van der Waals surface area contributed by atoms with E-state index in [9.17, 15) is 15.2 Å². The molecule has 1 unspecified atom stereocenters. The Kier molecular flexibility index (Phi) is 7.17. The molecule has 3 aromatic rings. The number of nitriles is 1. The third-order valence-corrected chi connectivity index (χ3v) is 7.19. The molecule has 0 aliphatic carbocycles. The summed E-state index contributed by atoms with van der Waals surface area (Å²) in [5, 5.41) is 21.3. The van der Waals surface area contributed by atoms with Gasteiger partial charge in [0.1, 0.15) is 5.75 Å². The molecule has 0 heterocycles. The molecule has 0 aliphatic rings. The lowest BCUT2D eigenvalue weighted by Gasteiger charge is -2.18. The maximum absolute atomic E-state index is 11.6. The smallest absolute Gasteiger partial charge is 0.252 e. The summed E-state index contributed by atoms with van der Waals surface area (Å²) in [7, 11) is 0. The summed E-state index contributed by atoms with van der Waals surface area (Å²) in [5.74, 6) is -1.40. The fourth-order valence-corrected chi connectivity index (χ4v) is 5.87.